The summed E-state index contributed by atoms with van der Waals surface area (Å²) < 4.78 is 15.3. The molecule has 1 amide bonds. The summed E-state index contributed by atoms with van der Waals surface area (Å²) in [4.78, 5) is 17.3. The first-order valence-electron chi connectivity index (χ1n) is 8.54. The van der Waals surface area contributed by atoms with E-state index in [1.165, 1.54) is 12.1 Å². The summed E-state index contributed by atoms with van der Waals surface area (Å²) >= 11 is 0. The molecule has 4 aromatic rings. The number of rotatable bonds is 4. The van der Waals surface area contributed by atoms with Crippen LogP contribution < -0.4 is 5.32 Å². The lowest BCUT2D eigenvalue weighted by Gasteiger charge is -2.13. The zero-order valence-corrected chi connectivity index (χ0v) is 14.7. The third-order valence-corrected chi connectivity index (χ3v) is 4.30. The van der Waals surface area contributed by atoms with Crippen LogP contribution in [0.2, 0.25) is 0 Å². The van der Waals surface area contributed by atoms with Crippen LogP contribution in [0.15, 0.2) is 67.0 Å². The molecule has 0 bridgehead atoms. The number of hydrogen-bond donors (Lipinski definition) is 1. The number of anilines is 1. The van der Waals surface area contributed by atoms with Gasteiger partial charge in [-0.25, -0.2) is 4.39 Å². The van der Waals surface area contributed by atoms with Crippen LogP contribution in [0.3, 0.4) is 0 Å². The topological polar surface area (TPSA) is 59.8 Å². The van der Waals surface area contributed by atoms with Crippen LogP contribution in [0.5, 0.6) is 0 Å². The maximum atomic E-state index is 13.5. The SMILES string of the molecule is Cc1cc(C(=O)Nc2ccccc2Cn2cccn2)c2ccc(F)cc2n1. The minimum atomic E-state index is -0.378. The van der Waals surface area contributed by atoms with E-state index in [4.69, 9.17) is 0 Å². The number of carbonyl (C=O) groups excluding carboxylic acids is 1. The first-order chi connectivity index (χ1) is 13.1. The first-order valence-corrected chi connectivity index (χ1v) is 8.54. The van der Waals surface area contributed by atoms with Crippen LogP contribution >= 0.6 is 0 Å². The molecule has 27 heavy (non-hydrogen) atoms. The molecule has 6 heteroatoms. The summed E-state index contributed by atoms with van der Waals surface area (Å²) in [6.45, 7) is 2.33. The molecular weight excluding hydrogens is 343 g/mol. The number of benzene rings is 2. The summed E-state index contributed by atoms with van der Waals surface area (Å²) in [7, 11) is 0. The minimum absolute atomic E-state index is 0.259. The van der Waals surface area contributed by atoms with E-state index in [1.807, 2.05) is 36.5 Å². The molecular formula is C21H17FN4O. The molecule has 0 saturated heterocycles. The van der Waals surface area contributed by atoms with E-state index >= 15 is 0 Å². The normalized spacial score (nSPS) is 10.9. The Balaban J connectivity index is 1.68. The van der Waals surface area contributed by atoms with Crippen LogP contribution in [0.4, 0.5) is 10.1 Å². The number of amides is 1. The van der Waals surface area contributed by atoms with E-state index in [0.29, 0.717) is 34.4 Å². The molecule has 0 atom stereocenters. The van der Waals surface area contributed by atoms with Gasteiger partial charge in [-0.15, -0.1) is 0 Å². The number of aryl methyl sites for hydroxylation is 1. The van der Waals surface area contributed by atoms with Gasteiger partial charge in [-0.05, 0) is 42.8 Å². The van der Waals surface area contributed by atoms with E-state index in [0.717, 1.165) is 5.56 Å². The molecule has 1 N–H and O–H groups in total. The molecule has 0 unspecified atom stereocenters. The quantitative estimate of drug-likeness (QED) is 0.594. The third-order valence-electron chi connectivity index (χ3n) is 4.30. The average molecular weight is 360 g/mol. The van der Waals surface area contributed by atoms with Crippen LogP contribution in [0.1, 0.15) is 21.6 Å². The fraction of sp³-hybridized carbons (Fsp3) is 0.0952. The number of aromatic nitrogens is 3. The van der Waals surface area contributed by atoms with Gasteiger partial charge in [0, 0.05) is 35.2 Å². The highest BCUT2D eigenvalue weighted by molar-refractivity contribution is 6.12. The highest BCUT2D eigenvalue weighted by atomic mass is 19.1. The summed E-state index contributed by atoms with van der Waals surface area (Å²) in [5, 5.41) is 7.80. The Kier molecular flexibility index (Phi) is 4.38. The van der Waals surface area contributed by atoms with Crippen LogP contribution in [0.25, 0.3) is 10.9 Å². The molecule has 5 nitrogen and oxygen atoms in total. The first kappa shape index (κ1) is 16.9. The highest BCUT2D eigenvalue weighted by Gasteiger charge is 2.14. The fourth-order valence-corrected chi connectivity index (χ4v) is 3.06. The number of hydrogen-bond acceptors (Lipinski definition) is 3. The van der Waals surface area contributed by atoms with E-state index in [1.54, 1.807) is 29.9 Å². The number of para-hydroxylation sites is 1. The number of fused-ring (bicyclic) bond motifs is 1. The zero-order valence-electron chi connectivity index (χ0n) is 14.7. The van der Waals surface area contributed by atoms with Crippen molar-refractivity contribution >= 4 is 22.5 Å². The van der Waals surface area contributed by atoms with E-state index in [9.17, 15) is 9.18 Å². The van der Waals surface area contributed by atoms with Crippen LogP contribution in [-0.2, 0) is 6.54 Å². The number of halogens is 1. The zero-order chi connectivity index (χ0) is 18.8. The predicted octanol–water partition coefficient (Wildman–Crippen LogP) is 4.18. The monoisotopic (exact) mass is 360 g/mol. The highest BCUT2D eigenvalue weighted by Crippen LogP contribution is 2.22. The van der Waals surface area contributed by atoms with Crippen molar-refractivity contribution in [1.82, 2.24) is 14.8 Å². The van der Waals surface area contributed by atoms with Crippen molar-refractivity contribution in [1.29, 1.82) is 0 Å². The van der Waals surface area contributed by atoms with Crippen LogP contribution in [0, 0.1) is 12.7 Å². The molecule has 0 aliphatic carbocycles. The Bertz CT molecular complexity index is 1120. The summed E-state index contributed by atoms with van der Waals surface area (Å²) in [5.41, 5.74) is 3.23. The lowest BCUT2D eigenvalue weighted by molar-refractivity contribution is 0.102. The van der Waals surface area contributed by atoms with Crippen molar-refractivity contribution in [2.45, 2.75) is 13.5 Å². The van der Waals surface area contributed by atoms with Crippen molar-refractivity contribution in [3.8, 4) is 0 Å². The summed E-state index contributed by atoms with van der Waals surface area (Å²) in [6.07, 6.45) is 3.58. The van der Waals surface area contributed by atoms with Crippen molar-refractivity contribution in [3.63, 3.8) is 0 Å². The van der Waals surface area contributed by atoms with Gasteiger partial charge in [-0.1, -0.05) is 18.2 Å². The van der Waals surface area contributed by atoms with Crippen LogP contribution in [-0.4, -0.2) is 20.7 Å². The molecule has 4 rings (SSSR count). The summed E-state index contributed by atoms with van der Waals surface area (Å²) in [5.74, 6) is -0.637. The van der Waals surface area contributed by atoms with Crippen molar-refractivity contribution in [3.05, 3.63) is 89.6 Å². The lowest BCUT2D eigenvalue weighted by Crippen LogP contribution is -2.15. The Labute approximate surface area is 155 Å². The Morgan fingerprint density at radius 1 is 1.15 bits per heavy atom. The standard InChI is InChI=1S/C21H17FN4O/c1-14-11-18(17-8-7-16(22)12-20(17)24-14)21(27)25-19-6-3-2-5-15(19)13-26-10-4-9-23-26/h2-12H,13H2,1H3,(H,25,27). The maximum Gasteiger partial charge on any atom is 0.256 e. The van der Waals surface area contributed by atoms with Gasteiger partial charge in [0.1, 0.15) is 5.82 Å². The third kappa shape index (κ3) is 3.55. The predicted molar refractivity (Wildman–Crippen MR) is 102 cm³/mol. The molecule has 0 radical (unpaired) electrons. The van der Waals surface area contributed by atoms with Gasteiger partial charge in [0.15, 0.2) is 0 Å². The second-order valence-electron chi connectivity index (χ2n) is 6.29. The van der Waals surface area contributed by atoms with E-state index in [-0.39, 0.29) is 11.7 Å². The number of pyridine rings is 1. The van der Waals surface area contributed by atoms with Crippen molar-refractivity contribution in [2.75, 3.05) is 5.32 Å². The van der Waals surface area contributed by atoms with Gasteiger partial charge >= 0.3 is 0 Å². The summed E-state index contributed by atoms with van der Waals surface area (Å²) in [6, 6.07) is 15.4. The number of nitrogens with one attached hydrogen (secondary N) is 1. The van der Waals surface area contributed by atoms with Gasteiger partial charge in [-0.2, -0.15) is 5.10 Å². The largest absolute Gasteiger partial charge is 0.322 e. The lowest BCUT2D eigenvalue weighted by atomic mass is 10.1. The molecule has 0 spiro atoms. The van der Waals surface area contributed by atoms with Crippen molar-refractivity contribution < 1.29 is 9.18 Å². The average Bonchev–Trinajstić information content (AvgIpc) is 3.15. The molecule has 0 aliphatic heterocycles. The number of carbonyl (C=O) groups is 1. The molecule has 0 saturated carbocycles. The Morgan fingerprint density at radius 2 is 2.00 bits per heavy atom. The maximum absolute atomic E-state index is 13.5. The van der Waals surface area contributed by atoms with Gasteiger partial charge in [-0.3, -0.25) is 14.5 Å². The van der Waals surface area contributed by atoms with E-state index < -0.39 is 0 Å². The molecule has 2 heterocycles. The minimum Gasteiger partial charge on any atom is -0.322 e. The van der Waals surface area contributed by atoms with Crippen molar-refractivity contribution in [2.24, 2.45) is 0 Å². The Hall–Kier alpha value is -3.54. The molecule has 0 aliphatic rings. The van der Waals surface area contributed by atoms with Gasteiger partial charge < -0.3 is 5.32 Å². The molecule has 0 fully saturated rings. The molecule has 2 aromatic heterocycles. The second kappa shape index (κ2) is 6.99. The van der Waals surface area contributed by atoms with E-state index in [2.05, 4.69) is 15.4 Å². The van der Waals surface area contributed by atoms with Gasteiger partial charge in [0.25, 0.3) is 5.91 Å². The Morgan fingerprint density at radius 3 is 2.81 bits per heavy atom. The smallest absolute Gasteiger partial charge is 0.256 e. The number of nitrogens with zero attached hydrogens (tertiary/aromatic N) is 3. The second-order valence-corrected chi connectivity index (χ2v) is 6.29. The van der Waals surface area contributed by atoms with Gasteiger partial charge in [0.05, 0.1) is 17.6 Å². The molecule has 134 valence electrons. The molecule has 2 aromatic carbocycles. The fourth-order valence-electron chi connectivity index (χ4n) is 3.06. The van der Waals surface area contributed by atoms with Gasteiger partial charge in [0.2, 0.25) is 0 Å².